The van der Waals surface area contributed by atoms with Crippen LogP contribution in [-0.2, 0) is 13.5 Å². The van der Waals surface area contributed by atoms with Crippen LogP contribution in [0.5, 0.6) is 0 Å². The average Bonchev–Trinajstić information content (AvgIpc) is 3.49. The molecule has 0 unspecified atom stereocenters. The van der Waals surface area contributed by atoms with Crippen LogP contribution in [0.3, 0.4) is 0 Å². The number of nitrogens with zero attached hydrogens (tertiary/aromatic N) is 2. The van der Waals surface area contributed by atoms with Gasteiger partial charge in [0.2, 0.25) is 0 Å². The van der Waals surface area contributed by atoms with Crippen molar-refractivity contribution in [3.05, 3.63) is 151 Å². The van der Waals surface area contributed by atoms with Crippen LogP contribution in [-0.4, -0.2) is 9.13 Å². The molecular formula is C38H28N2. The number of hydrogen-bond donors (Lipinski definition) is 0. The molecule has 0 bridgehead atoms. The highest BCUT2D eigenvalue weighted by atomic mass is 15.0. The van der Waals surface area contributed by atoms with E-state index in [1.165, 1.54) is 71.6 Å². The Morgan fingerprint density at radius 3 is 1.77 bits per heavy atom. The summed E-state index contributed by atoms with van der Waals surface area (Å²) < 4.78 is 4.72. The molecule has 0 spiro atoms. The summed E-state index contributed by atoms with van der Waals surface area (Å²) in [6.45, 7) is 0. The van der Waals surface area contributed by atoms with Crippen LogP contribution in [0.1, 0.15) is 11.1 Å². The summed E-state index contributed by atoms with van der Waals surface area (Å²) in [6, 6.07) is 50.9. The Morgan fingerprint density at radius 2 is 1.02 bits per heavy atom. The van der Waals surface area contributed by atoms with Crippen molar-refractivity contribution in [3.63, 3.8) is 0 Å². The lowest BCUT2D eigenvalue weighted by atomic mass is 9.98. The molecule has 0 fully saturated rings. The first-order chi connectivity index (χ1) is 19.7. The zero-order valence-electron chi connectivity index (χ0n) is 22.4. The topological polar surface area (TPSA) is 9.86 Å². The molecule has 0 saturated carbocycles. The number of aryl methyl sites for hydroxylation is 1. The summed E-state index contributed by atoms with van der Waals surface area (Å²) in [4.78, 5) is 0. The number of rotatable bonds is 4. The van der Waals surface area contributed by atoms with Gasteiger partial charge in [0.1, 0.15) is 0 Å². The highest BCUT2D eigenvalue weighted by molar-refractivity contribution is 6.12. The molecular weight excluding hydrogens is 484 g/mol. The van der Waals surface area contributed by atoms with E-state index in [-0.39, 0.29) is 0 Å². The maximum absolute atomic E-state index is 2.40. The molecule has 0 saturated heterocycles. The highest BCUT2D eigenvalue weighted by Gasteiger charge is 2.15. The summed E-state index contributed by atoms with van der Waals surface area (Å²) >= 11 is 0. The van der Waals surface area contributed by atoms with E-state index < -0.39 is 0 Å². The maximum atomic E-state index is 2.40. The monoisotopic (exact) mass is 512 g/mol. The molecule has 2 aromatic heterocycles. The Hall–Kier alpha value is -5.08. The van der Waals surface area contributed by atoms with Crippen molar-refractivity contribution < 1.29 is 0 Å². The number of benzene rings is 6. The molecule has 40 heavy (non-hydrogen) atoms. The zero-order chi connectivity index (χ0) is 26.6. The van der Waals surface area contributed by atoms with Crippen LogP contribution in [0.15, 0.2) is 140 Å². The van der Waals surface area contributed by atoms with Crippen molar-refractivity contribution in [2.75, 3.05) is 0 Å². The Morgan fingerprint density at radius 1 is 0.425 bits per heavy atom. The first kappa shape index (κ1) is 22.9. The zero-order valence-corrected chi connectivity index (χ0v) is 22.4. The molecule has 2 nitrogen and oxygen atoms in total. The molecule has 0 radical (unpaired) electrons. The minimum absolute atomic E-state index is 0.938. The first-order valence-electron chi connectivity index (χ1n) is 13.9. The van der Waals surface area contributed by atoms with Crippen LogP contribution in [0, 0.1) is 0 Å². The van der Waals surface area contributed by atoms with Crippen LogP contribution < -0.4 is 0 Å². The van der Waals surface area contributed by atoms with E-state index in [1.54, 1.807) is 0 Å². The van der Waals surface area contributed by atoms with Gasteiger partial charge < -0.3 is 9.13 Å². The third-order valence-electron chi connectivity index (χ3n) is 8.34. The predicted molar refractivity (Wildman–Crippen MR) is 169 cm³/mol. The van der Waals surface area contributed by atoms with Crippen LogP contribution >= 0.6 is 0 Å². The van der Waals surface area contributed by atoms with Gasteiger partial charge in [-0.1, -0.05) is 97.1 Å². The van der Waals surface area contributed by atoms with Crippen molar-refractivity contribution in [1.82, 2.24) is 9.13 Å². The molecule has 0 aliphatic carbocycles. The van der Waals surface area contributed by atoms with E-state index in [1.807, 2.05) is 0 Å². The van der Waals surface area contributed by atoms with Gasteiger partial charge in [0.15, 0.2) is 0 Å². The molecule has 2 heterocycles. The summed E-state index contributed by atoms with van der Waals surface area (Å²) in [5.74, 6) is 0. The van der Waals surface area contributed by atoms with Crippen LogP contribution in [0.4, 0.5) is 0 Å². The average molecular weight is 513 g/mol. The van der Waals surface area contributed by atoms with Gasteiger partial charge in [-0.15, -0.1) is 0 Å². The summed E-state index contributed by atoms with van der Waals surface area (Å²) in [7, 11) is 2.17. The normalized spacial score (nSPS) is 11.7. The fourth-order valence-corrected chi connectivity index (χ4v) is 6.42. The number of aromatic nitrogens is 2. The van der Waals surface area contributed by atoms with Gasteiger partial charge in [-0.2, -0.15) is 0 Å². The molecule has 190 valence electrons. The molecule has 0 aliphatic rings. The molecule has 2 heteroatoms. The second kappa shape index (κ2) is 9.00. The second-order valence-corrected chi connectivity index (χ2v) is 10.7. The van der Waals surface area contributed by atoms with Crippen molar-refractivity contribution >= 4 is 43.6 Å². The van der Waals surface area contributed by atoms with E-state index in [9.17, 15) is 0 Å². The number of para-hydroxylation sites is 2. The summed E-state index contributed by atoms with van der Waals surface area (Å²) in [5, 5.41) is 5.13. The van der Waals surface area contributed by atoms with E-state index in [0.29, 0.717) is 0 Å². The van der Waals surface area contributed by atoms with Crippen molar-refractivity contribution in [1.29, 1.82) is 0 Å². The Labute approximate surface area is 233 Å². The van der Waals surface area contributed by atoms with Crippen molar-refractivity contribution in [3.8, 4) is 16.8 Å². The Bertz CT molecular complexity index is 2140. The van der Waals surface area contributed by atoms with Gasteiger partial charge in [0, 0.05) is 45.3 Å². The van der Waals surface area contributed by atoms with Crippen LogP contribution in [0.2, 0.25) is 0 Å². The first-order valence-corrected chi connectivity index (χ1v) is 13.9. The molecule has 0 aliphatic heterocycles. The van der Waals surface area contributed by atoms with Crippen LogP contribution in [0.25, 0.3) is 60.4 Å². The lowest BCUT2D eigenvalue weighted by Crippen LogP contribution is -1.94. The van der Waals surface area contributed by atoms with Gasteiger partial charge in [-0.3, -0.25) is 0 Å². The molecule has 0 amide bonds. The standard InChI is InChI=1S/C38H28N2/c1-39-35-20-18-29(28-13-9-12-27(23-28)22-26-10-3-2-4-11-26)24-33(35)34-25-30(19-21-36(34)39)40-37-16-7-5-14-31(37)32-15-6-8-17-38(32)40/h2-21,23-25H,22H2,1H3. The third-order valence-corrected chi connectivity index (χ3v) is 8.34. The van der Waals surface area contributed by atoms with Gasteiger partial charge >= 0.3 is 0 Å². The fraction of sp³-hybridized carbons (Fsp3) is 0.0526. The summed E-state index contributed by atoms with van der Waals surface area (Å²) in [6.07, 6.45) is 0.938. The Kier molecular flexibility index (Phi) is 5.14. The lowest BCUT2D eigenvalue weighted by Gasteiger charge is -2.09. The smallest absolute Gasteiger partial charge is 0.0541 e. The molecule has 0 N–H and O–H groups in total. The minimum Gasteiger partial charge on any atom is -0.344 e. The lowest BCUT2D eigenvalue weighted by molar-refractivity contribution is 1.01. The van der Waals surface area contributed by atoms with E-state index in [0.717, 1.165) is 6.42 Å². The predicted octanol–water partition coefficient (Wildman–Crippen LogP) is 9.69. The van der Waals surface area contributed by atoms with E-state index >= 15 is 0 Å². The van der Waals surface area contributed by atoms with Crippen molar-refractivity contribution in [2.24, 2.45) is 7.05 Å². The molecule has 8 rings (SSSR count). The highest BCUT2D eigenvalue weighted by Crippen LogP contribution is 2.36. The van der Waals surface area contributed by atoms with Gasteiger partial charge in [0.25, 0.3) is 0 Å². The third kappa shape index (κ3) is 3.57. The molecule has 8 aromatic rings. The SMILES string of the molecule is Cn1c2ccc(-c3cccc(Cc4ccccc4)c3)cc2c2cc(-n3c4ccccc4c4ccccc43)ccc21. The molecule has 0 atom stereocenters. The van der Waals surface area contributed by atoms with E-state index in [4.69, 9.17) is 0 Å². The Balaban J connectivity index is 1.29. The van der Waals surface area contributed by atoms with Gasteiger partial charge in [0.05, 0.1) is 11.0 Å². The van der Waals surface area contributed by atoms with Gasteiger partial charge in [-0.05, 0) is 71.1 Å². The fourth-order valence-electron chi connectivity index (χ4n) is 6.42. The number of hydrogen-bond acceptors (Lipinski definition) is 0. The van der Waals surface area contributed by atoms with E-state index in [2.05, 4.69) is 156 Å². The second-order valence-electron chi connectivity index (χ2n) is 10.7. The number of fused-ring (bicyclic) bond motifs is 6. The minimum atomic E-state index is 0.938. The van der Waals surface area contributed by atoms with Crippen molar-refractivity contribution in [2.45, 2.75) is 6.42 Å². The largest absolute Gasteiger partial charge is 0.344 e. The molecule has 6 aromatic carbocycles. The summed E-state index contributed by atoms with van der Waals surface area (Å²) in [5.41, 5.74) is 11.3. The van der Waals surface area contributed by atoms with Gasteiger partial charge in [-0.25, -0.2) is 0 Å². The quantitative estimate of drug-likeness (QED) is 0.222. The maximum Gasteiger partial charge on any atom is 0.0541 e.